The SMILES string of the molecule is CC(C)(C)c1ccccc1NC(=O)C1(N)CCOCC1. The predicted molar refractivity (Wildman–Crippen MR) is 80.7 cm³/mol. The minimum absolute atomic E-state index is 0.0265. The van der Waals surface area contributed by atoms with Crippen LogP contribution >= 0.6 is 0 Å². The number of carbonyl (C=O) groups is 1. The number of nitrogens with two attached hydrogens (primary N) is 1. The van der Waals surface area contributed by atoms with Crippen LogP contribution in [0.4, 0.5) is 5.69 Å². The number of anilines is 1. The summed E-state index contributed by atoms with van der Waals surface area (Å²) in [7, 11) is 0. The summed E-state index contributed by atoms with van der Waals surface area (Å²) in [4.78, 5) is 12.5. The Morgan fingerprint density at radius 2 is 1.85 bits per heavy atom. The minimum atomic E-state index is -0.816. The van der Waals surface area contributed by atoms with E-state index >= 15 is 0 Å². The Kier molecular flexibility index (Phi) is 4.16. The van der Waals surface area contributed by atoms with Gasteiger partial charge in [-0.25, -0.2) is 0 Å². The largest absolute Gasteiger partial charge is 0.381 e. The van der Waals surface area contributed by atoms with Crippen LogP contribution in [-0.4, -0.2) is 24.7 Å². The quantitative estimate of drug-likeness (QED) is 0.872. The molecule has 110 valence electrons. The van der Waals surface area contributed by atoms with Crippen molar-refractivity contribution < 1.29 is 9.53 Å². The van der Waals surface area contributed by atoms with E-state index in [-0.39, 0.29) is 11.3 Å². The van der Waals surface area contributed by atoms with E-state index in [2.05, 4.69) is 26.1 Å². The highest BCUT2D eigenvalue weighted by Crippen LogP contribution is 2.30. The van der Waals surface area contributed by atoms with Gasteiger partial charge in [-0.1, -0.05) is 39.0 Å². The summed E-state index contributed by atoms with van der Waals surface area (Å²) in [6, 6.07) is 7.89. The lowest BCUT2D eigenvalue weighted by Crippen LogP contribution is -2.54. The summed E-state index contributed by atoms with van der Waals surface area (Å²) in [5.41, 5.74) is 7.34. The number of hydrogen-bond acceptors (Lipinski definition) is 3. The van der Waals surface area contributed by atoms with E-state index in [1.807, 2.05) is 24.3 Å². The number of para-hydroxylation sites is 1. The molecule has 0 spiro atoms. The van der Waals surface area contributed by atoms with E-state index in [4.69, 9.17) is 10.5 Å². The molecular weight excluding hydrogens is 252 g/mol. The first kappa shape index (κ1) is 15.0. The highest BCUT2D eigenvalue weighted by molar-refractivity contribution is 5.98. The number of ether oxygens (including phenoxy) is 1. The van der Waals surface area contributed by atoms with Gasteiger partial charge < -0.3 is 15.8 Å². The molecule has 4 heteroatoms. The lowest BCUT2D eigenvalue weighted by atomic mass is 9.85. The monoisotopic (exact) mass is 276 g/mol. The van der Waals surface area contributed by atoms with Crippen LogP contribution in [0.1, 0.15) is 39.2 Å². The van der Waals surface area contributed by atoms with Gasteiger partial charge in [-0.3, -0.25) is 4.79 Å². The second kappa shape index (κ2) is 5.54. The topological polar surface area (TPSA) is 64.4 Å². The van der Waals surface area contributed by atoms with Crippen molar-refractivity contribution >= 4 is 11.6 Å². The first-order valence-electron chi connectivity index (χ1n) is 7.10. The molecule has 3 N–H and O–H groups in total. The fraction of sp³-hybridized carbons (Fsp3) is 0.562. The zero-order chi connectivity index (χ0) is 14.8. The lowest BCUT2D eigenvalue weighted by Gasteiger charge is -2.32. The zero-order valence-corrected chi connectivity index (χ0v) is 12.5. The van der Waals surface area contributed by atoms with E-state index in [1.54, 1.807) is 0 Å². The van der Waals surface area contributed by atoms with Crippen molar-refractivity contribution in [3.8, 4) is 0 Å². The van der Waals surface area contributed by atoms with Crippen LogP contribution in [0.15, 0.2) is 24.3 Å². The smallest absolute Gasteiger partial charge is 0.244 e. The van der Waals surface area contributed by atoms with Crippen LogP contribution in [0.5, 0.6) is 0 Å². The number of carbonyl (C=O) groups excluding carboxylic acids is 1. The molecule has 2 rings (SSSR count). The van der Waals surface area contributed by atoms with Gasteiger partial charge in [0.05, 0.1) is 0 Å². The Balaban J connectivity index is 2.20. The fourth-order valence-electron chi connectivity index (χ4n) is 2.46. The van der Waals surface area contributed by atoms with Gasteiger partial charge in [0, 0.05) is 18.9 Å². The van der Waals surface area contributed by atoms with E-state index in [0.717, 1.165) is 11.3 Å². The molecule has 1 aromatic carbocycles. The van der Waals surface area contributed by atoms with Crippen LogP contribution < -0.4 is 11.1 Å². The second-order valence-corrected chi connectivity index (χ2v) is 6.52. The number of hydrogen-bond donors (Lipinski definition) is 2. The molecule has 1 aromatic rings. The molecule has 0 aliphatic carbocycles. The Bertz CT molecular complexity index is 485. The Morgan fingerprint density at radius 3 is 2.45 bits per heavy atom. The lowest BCUT2D eigenvalue weighted by molar-refractivity contribution is -0.124. The molecule has 1 aliphatic rings. The average Bonchev–Trinajstić information content (AvgIpc) is 2.39. The molecule has 1 aliphatic heterocycles. The van der Waals surface area contributed by atoms with Gasteiger partial charge in [0.25, 0.3) is 0 Å². The van der Waals surface area contributed by atoms with E-state index in [1.165, 1.54) is 0 Å². The molecule has 0 unspecified atom stereocenters. The van der Waals surface area contributed by atoms with Gasteiger partial charge in [0.15, 0.2) is 0 Å². The summed E-state index contributed by atoms with van der Waals surface area (Å²) < 4.78 is 5.28. The highest BCUT2D eigenvalue weighted by Gasteiger charge is 2.36. The van der Waals surface area contributed by atoms with Crippen LogP contribution in [0.2, 0.25) is 0 Å². The first-order valence-corrected chi connectivity index (χ1v) is 7.10. The van der Waals surface area contributed by atoms with Crippen LogP contribution in [0, 0.1) is 0 Å². The number of nitrogens with one attached hydrogen (secondary N) is 1. The maximum absolute atomic E-state index is 12.5. The molecule has 0 aromatic heterocycles. The zero-order valence-electron chi connectivity index (χ0n) is 12.5. The molecule has 1 fully saturated rings. The van der Waals surface area contributed by atoms with Crippen molar-refractivity contribution in [3.63, 3.8) is 0 Å². The molecule has 1 amide bonds. The molecule has 0 radical (unpaired) electrons. The first-order chi connectivity index (χ1) is 9.33. The number of amides is 1. The molecule has 0 bridgehead atoms. The molecular formula is C16H24N2O2. The van der Waals surface area contributed by atoms with Crippen molar-refractivity contribution in [2.75, 3.05) is 18.5 Å². The fourth-order valence-corrected chi connectivity index (χ4v) is 2.46. The summed E-state index contributed by atoms with van der Waals surface area (Å²) in [6.45, 7) is 7.48. The molecule has 1 heterocycles. The summed E-state index contributed by atoms with van der Waals surface area (Å²) >= 11 is 0. The van der Waals surface area contributed by atoms with Crippen LogP contribution in [0.25, 0.3) is 0 Å². The number of rotatable bonds is 2. The van der Waals surface area contributed by atoms with Gasteiger partial charge in [0.2, 0.25) is 5.91 Å². The molecule has 0 saturated carbocycles. The number of benzene rings is 1. The predicted octanol–water partition coefficient (Wildman–Crippen LogP) is 2.43. The Labute approximate surface area is 120 Å². The maximum Gasteiger partial charge on any atom is 0.244 e. The summed E-state index contributed by atoms with van der Waals surface area (Å²) in [5, 5.41) is 3.01. The Hall–Kier alpha value is -1.39. The van der Waals surface area contributed by atoms with Crippen molar-refractivity contribution in [3.05, 3.63) is 29.8 Å². The molecule has 4 nitrogen and oxygen atoms in total. The van der Waals surface area contributed by atoms with Gasteiger partial charge in [-0.05, 0) is 29.9 Å². The van der Waals surface area contributed by atoms with E-state index < -0.39 is 5.54 Å². The average molecular weight is 276 g/mol. The third-order valence-electron chi connectivity index (χ3n) is 3.82. The third kappa shape index (κ3) is 3.19. The standard InChI is InChI=1S/C16H24N2O2/c1-15(2,3)12-6-4-5-7-13(12)18-14(19)16(17)8-10-20-11-9-16/h4-7H,8-11,17H2,1-3H3,(H,18,19). The van der Waals surface area contributed by atoms with Gasteiger partial charge in [-0.15, -0.1) is 0 Å². The van der Waals surface area contributed by atoms with Crippen molar-refractivity contribution in [1.29, 1.82) is 0 Å². The van der Waals surface area contributed by atoms with Crippen LogP contribution in [0.3, 0.4) is 0 Å². The normalized spacial score (nSPS) is 18.6. The third-order valence-corrected chi connectivity index (χ3v) is 3.82. The minimum Gasteiger partial charge on any atom is -0.381 e. The van der Waals surface area contributed by atoms with Crippen molar-refractivity contribution in [2.24, 2.45) is 5.73 Å². The molecule has 1 saturated heterocycles. The summed E-state index contributed by atoms with van der Waals surface area (Å²) in [6.07, 6.45) is 1.13. The van der Waals surface area contributed by atoms with E-state index in [0.29, 0.717) is 26.1 Å². The van der Waals surface area contributed by atoms with Gasteiger partial charge in [-0.2, -0.15) is 0 Å². The van der Waals surface area contributed by atoms with Gasteiger partial charge >= 0.3 is 0 Å². The highest BCUT2D eigenvalue weighted by atomic mass is 16.5. The second-order valence-electron chi connectivity index (χ2n) is 6.52. The summed E-state index contributed by atoms with van der Waals surface area (Å²) in [5.74, 6) is -0.113. The maximum atomic E-state index is 12.5. The molecule has 0 atom stereocenters. The van der Waals surface area contributed by atoms with Crippen molar-refractivity contribution in [2.45, 2.75) is 44.6 Å². The van der Waals surface area contributed by atoms with Crippen molar-refractivity contribution in [1.82, 2.24) is 0 Å². The van der Waals surface area contributed by atoms with Gasteiger partial charge in [0.1, 0.15) is 5.54 Å². The van der Waals surface area contributed by atoms with Crippen LogP contribution in [-0.2, 0) is 14.9 Å². The molecule has 20 heavy (non-hydrogen) atoms. The van der Waals surface area contributed by atoms with E-state index in [9.17, 15) is 4.79 Å². The Morgan fingerprint density at radius 1 is 1.25 bits per heavy atom.